The third kappa shape index (κ3) is 1.87. The molecule has 2 N–H and O–H groups in total. The van der Waals surface area contributed by atoms with Gasteiger partial charge in [-0.05, 0) is 36.8 Å². The third-order valence-electron chi connectivity index (χ3n) is 2.82. The van der Waals surface area contributed by atoms with Gasteiger partial charge in [0.25, 0.3) is 0 Å². The zero-order valence-corrected chi connectivity index (χ0v) is 8.30. The van der Waals surface area contributed by atoms with Crippen LogP contribution >= 0.6 is 11.6 Å². The Balaban J connectivity index is 2.21. The molecule has 70 valence electrons. The van der Waals surface area contributed by atoms with Gasteiger partial charge in [-0.15, -0.1) is 0 Å². The first kappa shape index (κ1) is 9.04. The van der Waals surface area contributed by atoms with Crippen LogP contribution in [0.1, 0.15) is 30.7 Å². The first-order chi connectivity index (χ1) is 6.27. The Kier molecular flexibility index (Phi) is 2.56. The molecule has 1 saturated carbocycles. The van der Waals surface area contributed by atoms with Gasteiger partial charge in [-0.25, -0.2) is 0 Å². The summed E-state index contributed by atoms with van der Waals surface area (Å²) in [7, 11) is 0. The van der Waals surface area contributed by atoms with Crippen molar-refractivity contribution in [1.82, 2.24) is 0 Å². The summed E-state index contributed by atoms with van der Waals surface area (Å²) in [6.07, 6.45) is 3.41. The highest BCUT2D eigenvalue weighted by Crippen LogP contribution is 2.36. The summed E-state index contributed by atoms with van der Waals surface area (Å²) in [5.41, 5.74) is 7.14. The van der Waals surface area contributed by atoms with E-state index in [1.165, 1.54) is 12.0 Å². The van der Waals surface area contributed by atoms with E-state index in [-0.39, 0.29) is 0 Å². The SMILES string of the molecule is NC1CCC(c2ccccc2Cl)C1. The van der Waals surface area contributed by atoms with Gasteiger partial charge in [-0.3, -0.25) is 0 Å². The maximum atomic E-state index is 6.11. The molecule has 0 heterocycles. The van der Waals surface area contributed by atoms with E-state index in [0.717, 1.165) is 17.9 Å². The summed E-state index contributed by atoms with van der Waals surface area (Å²) in [6.45, 7) is 0. The van der Waals surface area contributed by atoms with Crippen molar-refractivity contribution in [3.8, 4) is 0 Å². The number of nitrogens with two attached hydrogens (primary N) is 1. The Hall–Kier alpha value is -0.530. The summed E-state index contributed by atoms with van der Waals surface area (Å²) in [6, 6.07) is 8.47. The van der Waals surface area contributed by atoms with Crippen molar-refractivity contribution >= 4 is 11.6 Å². The van der Waals surface area contributed by atoms with Crippen molar-refractivity contribution in [2.45, 2.75) is 31.2 Å². The molecular weight excluding hydrogens is 182 g/mol. The van der Waals surface area contributed by atoms with E-state index in [4.69, 9.17) is 17.3 Å². The highest BCUT2D eigenvalue weighted by atomic mass is 35.5. The van der Waals surface area contributed by atoms with E-state index in [1.807, 2.05) is 18.2 Å². The lowest BCUT2D eigenvalue weighted by Gasteiger charge is -2.11. The standard InChI is InChI=1S/C11H14ClN/c12-11-4-2-1-3-10(11)8-5-6-9(13)7-8/h1-4,8-9H,5-7,13H2. The van der Waals surface area contributed by atoms with Crippen LogP contribution in [0.3, 0.4) is 0 Å². The van der Waals surface area contributed by atoms with Crippen LogP contribution in [-0.4, -0.2) is 6.04 Å². The van der Waals surface area contributed by atoms with Gasteiger partial charge in [0.05, 0.1) is 0 Å². The molecular formula is C11H14ClN. The van der Waals surface area contributed by atoms with Crippen LogP contribution in [0, 0.1) is 0 Å². The fourth-order valence-corrected chi connectivity index (χ4v) is 2.40. The van der Waals surface area contributed by atoms with Crippen LogP contribution in [0.4, 0.5) is 0 Å². The summed E-state index contributed by atoms with van der Waals surface area (Å²) >= 11 is 6.11. The summed E-state index contributed by atoms with van der Waals surface area (Å²) in [4.78, 5) is 0. The van der Waals surface area contributed by atoms with Gasteiger partial charge in [0, 0.05) is 11.1 Å². The molecule has 1 fully saturated rings. The van der Waals surface area contributed by atoms with E-state index < -0.39 is 0 Å². The topological polar surface area (TPSA) is 26.0 Å². The zero-order valence-electron chi connectivity index (χ0n) is 7.54. The molecule has 13 heavy (non-hydrogen) atoms. The van der Waals surface area contributed by atoms with Crippen molar-refractivity contribution in [2.24, 2.45) is 5.73 Å². The van der Waals surface area contributed by atoms with Gasteiger partial charge in [0.15, 0.2) is 0 Å². The Morgan fingerprint density at radius 3 is 2.62 bits per heavy atom. The molecule has 1 aliphatic carbocycles. The summed E-state index contributed by atoms with van der Waals surface area (Å²) in [5.74, 6) is 0.587. The van der Waals surface area contributed by atoms with Crippen molar-refractivity contribution in [1.29, 1.82) is 0 Å². The number of hydrogen-bond acceptors (Lipinski definition) is 1. The molecule has 2 unspecified atom stereocenters. The average molecular weight is 196 g/mol. The third-order valence-corrected chi connectivity index (χ3v) is 3.16. The molecule has 2 heteroatoms. The molecule has 1 aliphatic rings. The first-order valence-electron chi connectivity index (χ1n) is 4.77. The van der Waals surface area contributed by atoms with Gasteiger partial charge in [0.1, 0.15) is 0 Å². The monoisotopic (exact) mass is 195 g/mol. The van der Waals surface area contributed by atoms with Crippen LogP contribution in [0.15, 0.2) is 24.3 Å². The normalized spacial score (nSPS) is 27.8. The predicted molar refractivity (Wildman–Crippen MR) is 56.0 cm³/mol. The minimum Gasteiger partial charge on any atom is -0.328 e. The van der Waals surface area contributed by atoms with Crippen molar-refractivity contribution in [2.75, 3.05) is 0 Å². The summed E-state index contributed by atoms with van der Waals surface area (Å²) < 4.78 is 0. The van der Waals surface area contributed by atoms with Crippen LogP contribution in [0.5, 0.6) is 0 Å². The molecule has 0 aliphatic heterocycles. The highest BCUT2D eigenvalue weighted by molar-refractivity contribution is 6.31. The van der Waals surface area contributed by atoms with Crippen molar-refractivity contribution < 1.29 is 0 Å². The van der Waals surface area contributed by atoms with E-state index in [0.29, 0.717) is 12.0 Å². The maximum Gasteiger partial charge on any atom is 0.0440 e. The fourth-order valence-electron chi connectivity index (χ4n) is 2.11. The molecule has 1 aromatic carbocycles. The second-order valence-electron chi connectivity index (χ2n) is 3.79. The molecule has 1 aromatic rings. The Labute approximate surface area is 83.9 Å². The van der Waals surface area contributed by atoms with E-state index in [9.17, 15) is 0 Å². The van der Waals surface area contributed by atoms with E-state index in [2.05, 4.69) is 6.07 Å². The number of rotatable bonds is 1. The quantitative estimate of drug-likeness (QED) is 0.733. The number of hydrogen-bond donors (Lipinski definition) is 1. The van der Waals surface area contributed by atoms with Gasteiger partial charge in [-0.2, -0.15) is 0 Å². The van der Waals surface area contributed by atoms with Crippen LogP contribution in [0.25, 0.3) is 0 Å². The number of halogens is 1. The maximum absolute atomic E-state index is 6.11. The molecule has 0 radical (unpaired) electrons. The van der Waals surface area contributed by atoms with E-state index in [1.54, 1.807) is 0 Å². The molecule has 0 spiro atoms. The summed E-state index contributed by atoms with van der Waals surface area (Å²) in [5, 5.41) is 0.890. The second kappa shape index (κ2) is 3.69. The largest absolute Gasteiger partial charge is 0.328 e. The van der Waals surface area contributed by atoms with Gasteiger partial charge in [0.2, 0.25) is 0 Å². The second-order valence-corrected chi connectivity index (χ2v) is 4.20. The molecule has 0 aromatic heterocycles. The highest BCUT2D eigenvalue weighted by Gasteiger charge is 2.24. The average Bonchev–Trinajstić information content (AvgIpc) is 2.53. The minimum atomic E-state index is 0.376. The Morgan fingerprint density at radius 2 is 2.00 bits per heavy atom. The molecule has 0 bridgehead atoms. The molecule has 0 saturated heterocycles. The Bertz CT molecular complexity index is 298. The lowest BCUT2D eigenvalue weighted by atomic mass is 9.97. The van der Waals surface area contributed by atoms with Gasteiger partial charge in [-0.1, -0.05) is 29.8 Å². The fraction of sp³-hybridized carbons (Fsp3) is 0.455. The minimum absolute atomic E-state index is 0.376. The first-order valence-corrected chi connectivity index (χ1v) is 5.15. The predicted octanol–water partition coefficient (Wildman–Crippen LogP) is 2.93. The Morgan fingerprint density at radius 1 is 1.23 bits per heavy atom. The molecule has 1 nitrogen and oxygen atoms in total. The van der Waals surface area contributed by atoms with Crippen LogP contribution in [-0.2, 0) is 0 Å². The van der Waals surface area contributed by atoms with Crippen LogP contribution in [0.2, 0.25) is 5.02 Å². The van der Waals surface area contributed by atoms with Crippen LogP contribution < -0.4 is 5.73 Å². The van der Waals surface area contributed by atoms with E-state index >= 15 is 0 Å². The lowest BCUT2D eigenvalue weighted by Crippen LogP contribution is -2.14. The lowest BCUT2D eigenvalue weighted by molar-refractivity contribution is 0.675. The van der Waals surface area contributed by atoms with Crippen molar-refractivity contribution in [3.05, 3.63) is 34.9 Å². The number of benzene rings is 1. The van der Waals surface area contributed by atoms with Crippen molar-refractivity contribution in [3.63, 3.8) is 0 Å². The molecule has 2 atom stereocenters. The zero-order chi connectivity index (χ0) is 9.26. The van der Waals surface area contributed by atoms with Gasteiger partial charge >= 0.3 is 0 Å². The smallest absolute Gasteiger partial charge is 0.0440 e. The van der Waals surface area contributed by atoms with Gasteiger partial charge < -0.3 is 5.73 Å². The molecule has 0 amide bonds. The molecule has 2 rings (SSSR count).